The number of ether oxygens (including phenoxy) is 1. The first-order valence-electron chi connectivity index (χ1n) is 8.90. The first kappa shape index (κ1) is 18.6. The van der Waals surface area contributed by atoms with Gasteiger partial charge in [-0.05, 0) is 19.3 Å². The lowest BCUT2D eigenvalue weighted by Crippen LogP contribution is -2.49. The molecular formula is C16H27N3O5S. The Balaban J connectivity index is 1.50. The Morgan fingerprint density at radius 3 is 2.52 bits per heavy atom. The van der Waals surface area contributed by atoms with E-state index >= 15 is 0 Å². The molecule has 1 atom stereocenters. The Hall–Kier alpha value is -1.19. The van der Waals surface area contributed by atoms with E-state index in [-0.39, 0.29) is 29.4 Å². The predicted octanol–water partition coefficient (Wildman–Crippen LogP) is -1.14. The van der Waals surface area contributed by atoms with Crippen molar-refractivity contribution in [2.45, 2.75) is 25.3 Å². The number of carbonyl (C=O) groups is 2. The summed E-state index contributed by atoms with van der Waals surface area (Å²) < 4.78 is 28.5. The van der Waals surface area contributed by atoms with E-state index in [2.05, 4.69) is 10.2 Å². The van der Waals surface area contributed by atoms with Crippen LogP contribution in [0.15, 0.2) is 0 Å². The van der Waals surface area contributed by atoms with Crippen molar-refractivity contribution in [1.82, 2.24) is 15.1 Å². The van der Waals surface area contributed by atoms with E-state index in [0.29, 0.717) is 39.0 Å². The lowest BCUT2D eigenvalue weighted by molar-refractivity contribution is -0.144. The van der Waals surface area contributed by atoms with Crippen LogP contribution in [0.2, 0.25) is 0 Å². The van der Waals surface area contributed by atoms with Crippen LogP contribution in [0.3, 0.4) is 0 Å². The van der Waals surface area contributed by atoms with E-state index in [0.717, 1.165) is 19.6 Å². The summed E-state index contributed by atoms with van der Waals surface area (Å²) in [5.41, 5.74) is -0.980. The second-order valence-electron chi connectivity index (χ2n) is 7.26. The van der Waals surface area contributed by atoms with Crippen LogP contribution in [0.4, 0.5) is 0 Å². The Labute approximate surface area is 148 Å². The third-order valence-electron chi connectivity index (χ3n) is 5.49. The van der Waals surface area contributed by atoms with E-state index in [1.165, 1.54) is 4.90 Å². The van der Waals surface area contributed by atoms with Crippen molar-refractivity contribution < 1.29 is 22.7 Å². The van der Waals surface area contributed by atoms with Gasteiger partial charge >= 0.3 is 0 Å². The van der Waals surface area contributed by atoms with E-state index in [9.17, 15) is 18.0 Å². The summed E-state index contributed by atoms with van der Waals surface area (Å²) in [5.74, 6) is -0.338. The van der Waals surface area contributed by atoms with Crippen molar-refractivity contribution in [3.05, 3.63) is 0 Å². The van der Waals surface area contributed by atoms with Crippen molar-refractivity contribution in [2.24, 2.45) is 5.41 Å². The molecule has 9 heteroatoms. The molecule has 1 N–H and O–H groups in total. The Morgan fingerprint density at radius 2 is 1.96 bits per heavy atom. The number of hydrogen-bond acceptors (Lipinski definition) is 6. The van der Waals surface area contributed by atoms with E-state index in [4.69, 9.17) is 4.74 Å². The van der Waals surface area contributed by atoms with Gasteiger partial charge in [-0.1, -0.05) is 0 Å². The van der Waals surface area contributed by atoms with Crippen LogP contribution in [0.1, 0.15) is 19.3 Å². The third kappa shape index (κ3) is 4.15. The molecule has 2 heterocycles. The predicted molar refractivity (Wildman–Crippen MR) is 91.8 cm³/mol. The van der Waals surface area contributed by atoms with Crippen molar-refractivity contribution in [3.8, 4) is 0 Å². The second kappa shape index (κ2) is 7.20. The molecule has 0 aromatic rings. The normalized spacial score (nSPS) is 27.6. The summed E-state index contributed by atoms with van der Waals surface area (Å²) >= 11 is 0. The number of hydrogen-bond donors (Lipinski definition) is 1. The Bertz CT molecular complexity index is 626. The fourth-order valence-corrected chi connectivity index (χ4v) is 5.34. The molecule has 25 heavy (non-hydrogen) atoms. The molecule has 0 aromatic heterocycles. The van der Waals surface area contributed by atoms with Crippen LogP contribution < -0.4 is 5.32 Å². The Morgan fingerprint density at radius 1 is 1.28 bits per heavy atom. The fourth-order valence-electron chi connectivity index (χ4n) is 3.57. The summed E-state index contributed by atoms with van der Waals surface area (Å²) in [6.07, 6.45) is 1.54. The summed E-state index contributed by atoms with van der Waals surface area (Å²) in [4.78, 5) is 29.0. The molecule has 1 unspecified atom stereocenters. The minimum atomic E-state index is -3.06. The van der Waals surface area contributed by atoms with Crippen LogP contribution in [-0.4, -0.2) is 94.0 Å². The molecule has 0 radical (unpaired) electrons. The second-order valence-corrected chi connectivity index (χ2v) is 9.49. The number of amides is 2. The number of carbonyl (C=O) groups excluding carboxylic acids is 2. The summed E-state index contributed by atoms with van der Waals surface area (Å²) in [5, 5.41) is 2.89. The molecule has 2 saturated heterocycles. The van der Waals surface area contributed by atoms with Gasteiger partial charge in [0.25, 0.3) is 0 Å². The molecule has 3 aliphatic rings. The quantitative estimate of drug-likeness (QED) is 0.592. The van der Waals surface area contributed by atoms with Crippen molar-refractivity contribution >= 4 is 21.7 Å². The lowest BCUT2D eigenvalue weighted by atomic mass is 10.0. The zero-order chi connectivity index (χ0) is 18.1. The number of nitrogens with one attached hydrogen (secondary N) is 1. The van der Waals surface area contributed by atoms with Gasteiger partial charge in [-0.15, -0.1) is 0 Å². The SMILES string of the molecule is CN(C(=O)C1(C(=O)NCCN2CCOCC2)CC1)C1CCS(=O)(=O)C1. The summed E-state index contributed by atoms with van der Waals surface area (Å²) in [6.45, 7) is 4.40. The van der Waals surface area contributed by atoms with Crippen LogP contribution in [-0.2, 0) is 24.2 Å². The first-order valence-corrected chi connectivity index (χ1v) is 10.7. The maximum absolute atomic E-state index is 12.8. The minimum Gasteiger partial charge on any atom is -0.379 e. The number of rotatable bonds is 6. The molecule has 0 aromatic carbocycles. The zero-order valence-electron chi connectivity index (χ0n) is 14.7. The third-order valence-corrected chi connectivity index (χ3v) is 7.24. The van der Waals surface area contributed by atoms with Gasteiger partial charge in [0, 0.05) is 39.3 Å². The van der Waals surface area contributed by atoms with E-state index in [1.54, 1.807) is 7.05 Å². The molecule has 2 aliphatic heterocycles. The van der Waals surface area contributed by atoms with Crippen molar-refractivity contribution in [3.63, 3.8) is 0 Å². The monoisotopic (exact) mass is 373 g/mol. The number of morpholine rings is 1. The van der Waals surface area contributed by atoms with Crippen LogP contribution in [0.5, 0.6) is 0 Å². The first-order chi connectivity index (χ1) is 11.8. The molecule has 1 saturated carbocycles. The van der Waals surface area contributed by atoms with Gasteiger partial charge in [-0.25, -0.2) is 8.42 Å². The Kier molecular flexibility index (Phi) is 5.36. The average molecular weight is 373 g/mol. The van der Waals surface area contributed by atoms with Crippen molar-refractivity contribution in [1.29, 1.82) is 0 Å². The molecule has 3 rings (SSSR count). The van der Waals surface area contributed by atoms with Gasteiger partial charge in [0.1, 0.15) is 5.41 Å². The maximum Gasteiger partial charge on any atom is 0.238 e. The highest BCUT2D eigenvalue weighted by Gasteiger charge is 2.58. The smallest absolute Gasteiger partial charge is 0.238 e. The van der Waals surface area contributed by atoms with Gasteiger partial charge in [0.05, 0.1) is 24.7 Å². The molecule has 0 bridgehead atoms. The largest absolute Gasteiger partial charge is 0.379 e. The molecule has 1 aliphatic carbocycles. The van der Waals surface area contributed by atoms with Gasteiger partial charge in [-0.2, -0.15) is 0 Å². The highest BCUT2D eigenvalue weighted by atomic mass is 32.2. The van der Waals surface area contributed by atoms with E-state index in [1.807, 2.05) is 0 Å². The van der Waals surface area contributed by atoms with Crippen molar-refractivity contribution in [2.75, 3.05) is 57.9 Å². The molecule has 2 amide bonds. The topological polar surface area (TPSA) is 96.0 Å². The molecule has 0 spiro atoms. The molecular weight excluding hydrogens is 346 g/mol. The highest BCUT2D eigenvalue weighted by molar-refractivity contribution is 7.91. The van der Waals surface area contributed by atoms with Crippen LogP contribution in [0, 0.1) is 5.41 Å². The zero-order valence-corrected chi connectivity index (χ0v) is 15.5. The molecule has 3 fully saturated rings. The molecule has 142 valence electrons. The van der Waals surface area contributed by atoms with Gasteiger partial charge in [0.2, 0.25) is 11.8 Å². The lowest BCUT2D eigenvalue weighted by Gasteiger charge is -2.29. The van der Waals surface area contributed by atoms with Gasteiger partial charge < -0.3 is 15.0 Å². The number of nitrogens with zero attached hydrogens (tertiary/aromatic N) is 2. The van der Waals surface area contributed by atoms with Gasteiger partial charge in [-0.3, -0.25) is 14.5 Å². The number of sulfone groups is 1. The summed E-state index contributed by atoms with van der Waals surface area (Å²) in [7, 11) is -1.44. The highest BCUT2D eigenvalue weighted by Crippen LogP contribution is 2.47. The minimum absolute atomic E-state index is 0.00394. The molecule has 8 nitrogen and oxygen atoms in total. The van der Waals surface area contributed by atoms with E-state index < -0.39 is 15.3 Å². The summed E-state index contributed by atoms with van der Waals surface area (Å²) in [6, 6.07) is -0.309. The van der Waals surface area contributed by atoms with Crippen LogP contribution in [0.25, 0.3) is 0 Å². The maximum atomic E-state index is 12.8. The van der Waals surface area contributed by atoms with Gasteiger partial charge in [0.15, 0.2) is 9.84 Å². The average Bonchev–Trinajstić information content (AvgIpc) is 3.33. The standard InChI is InChI=1S/C16H27N3O5S/c1-18(13-2-11-25(22,23)12-13)15(21)16(3-4-16)14(20)17-5-6-19-7-9-24-10-8-19/h13H,2-12H2,1H3,(H,17,20). The fraction of sp³-hybridized carbons (Fsp3) is 0.875. The van der Waals surface area contributed by atoms with Crippen LogP contribution >= 0.6 is 0 Å².